The maximum atomic E-state index is 4.81. The van der Waals surface area contributed by atoms with Crippen LogP contribution >= 0.6 is 0 Å². The van der Waals surface area contributed by atoms with Gasteiger partial charge >= 0.3 is 0 Å². The first-order chi connectivity index (χ1) is 27.7. The molecule has 3 aliphatic rings. The van der Waals surface area contributed by atoms with Crippen LogP contribution in [0.3, 0.4) is 0 Å². The smallest absolute Gasteiger partial charge is 0.0633 e. The number of para-hydroxylation sites is 1. The number of rotatable bonds is 3. The molecule has 0 spiro atoms. The fourth-order valence-electron chi connectivity index (χ4n) is 9.14. The van der Waals surface area contributed by atoms with E-state index in [1.54, 1.807) is 0 Å². The third kappa shape index (κ3) is 6.12. The molecule has 57 heavy (non-hydrogen) atoms. The van der Waals surface area contributed by atoms with Crippen LogP contribution in [0, 0.1) is 6.92 Å². The van der Waals surface area contributed by atoms with Crippen LogP contribution in [0.1, 0.15) is 81.8 Å². The molecule has 5 aromatic rings. The molecular weight excluding hydrogens is 689 g/mol. The Morgan fingerprint density at radius 1 is 0.649 bits per heavy atom. The highest BCUT2D eigenvalue weighted by Gasteiger charge is 2.33. The van der Waals surface area contributed by atoms with E-state index in [0.717, 1.165) is 29.0 Å². The molecule has 1 aliphatic carbocycles. The summed E-state index contributed by atoms with van der Waals surface area (Å²) in [4.78, 5) is 0. The van der Waals surface area contributed by atoms with E-state index in [4.69, 9.17) is 13.2 Å². The molecule has 1 atom stereocenters. The van der Waals surface area contributed by atoms with Crippen molar-refractivity contribution in [2.75, 3.05) is 0 Å². The van der Waals surface area contributed by atoms with Gasteiger partial charge in [0.25, 0.3) is 0 Å². The molecule has 2 aromatic heterocycles. The van der Waals surface area contributed by atoms with Gasteiger partial charge < -0.3 is 9.13 Å². The van der Waals surface area contributed by atoms with E-state index in [9.17, 15) is 0 Å². The topological polar surface area (TPSA) is 9.86 Å². The van der Waals surface area contributed by atoms with Gasteiger partial charge in [-0.25, -0.2) is 0 Å². The molecule has 2 nitrogen and oxygen atoms in total. The summed E-state index contributed by atoms with van der Waals surface area (Å²) in [6.45, 7) is 25.2. The van der Waals surface area contributed by atoms with Gasteiger partial charge in [-0.2, -0.15) is 0 Å². The maximum absolute atomic E-state index is 4.81. The largest absolute Gasteiger partial charge is 0.313 e. The van der Waals surface area contributed by atoms with E-state index in [1.165, 1.54) is 88.4 Å². The van der Waals surface area contributed by atoms with E-state index in [-0.39, 0.29) is 5.92 Å². The van der Waals surface area contributed by atoms with Gasteiger partial charge in [-0.05, 0) is 99.1 Å². The maximum Gasteiger partial charge on any atom is 0.0633 e. The van der Waals surface area contributed by atoms with Crippen LogP contribution in [0.15, 0.2) is 170 Å². The zero-order valence-corrected chi connectivity index (χ0v) is 34.4. The summed E-state index contributed by atoms with van der Waals surface area (Å²) in [5, 5.41) is 3.69. The third-order valence-corrected chi connectivity index (χ3v) is 12.0. The summed E-state index contributed by atoms with van der Waals surface area (Å²) in [6.07, 6.45) is 38.3. The molecule has 0 fully saturated rings. The van der Waals surface area contributed by atoms with Crippen molar-refractivity contribution in [1.29, 1.82) is 0 Å². The molecule has 2 heteroatoms. The number of nitrogens with zero attached hydrogens (tertiary/aromatic N) is 2. The summed E-state index contributed by atoms with van der Waals surface area (Å²) in [5.41, 5.74) is 20.0. The van der Waals surface area contributed by atoms with Crippen LogP contribution in [0.2, 0.25) is 0 Å². The summed E-state index contributed by atoms with van der Waals surface area (Å²) < 4.78 is 4.91. The molecule has 4 heterocycles. The minimum Gasteiger partial charge on any atom is -0.313 e. The van der Waals surface area contributed by atoms with Gasteiger partial charge in [-0.1, -0.05) is 159 Å². The quantitative estimate of drug-likeness (QED) is 0.163. The monoisotopic (exact) mass is 740 g/mol. The van der Waals surface area contributed by atoms with Crippen LogP contribution < -0.4 is 0 Å². The van der Waals surface area contributed by atoms with Gasteiger partial charge in [0.15, 0.2) is 0 Å². The Kier molecular flexibility index (Phi) is 10.1. The van der Waals surface area contributed by atoms with Gasteiger partial charge in [-0.15, -0.1) is 0 Å². The van der Waals surface area contributed by atoms with Crippen molar-refractivity contribution < 1.29 is 0 Å². The first-order valence-electron chi connectivity index (χ1n) is 20.2. The predicted octanol–water partition coefficient (Wildman–Crippen LogP) is 15.6. The minimum atomic E-state index is 0.191. The summed E-state index contributed by atoms with van der Waals surface area (Å²) >= 11 is 0. The lowest BCUT2D eigenvalue weighted by molar-refractivity contribution is 0.971. The van der Waals surface area contributed by atoms with E-state index in [2.05, 4.69) is 203 Å². The molecule has 0 saturated carbocycles. The molecule has 8 rings (SSSR count). The van der Waals surface area contributed by atoms with Crippen molar-refractivity contribution in [3.05, 3.63) is 198 Å². The highest BCUT2D eigenvalue weighted by molar-refractivity contribution is 6.31. The zero-order chi connectivity index (χ0) is 40.0. The van der Waals surface area contributed by atoms with Crippen LogP contribution in [0.5, 0.6) is 0 Å². The summed E-state index contributed by atoms with van der Waals surface area (Å²) in [5.74, 6) is 0.191. The molecule has 0 amide bonds. The van der Waals surface area contributed by atoms with Crippen molar-refractivity contribution in [2.45, 2.75) is 60.8 Å². The second-order valence-corrected chi connectivity index (χ2v) is 15.5. The van der Waals surface area contributed by atoms with Crippen molar-refractivity contribution in [3.63, 3.8) is 0 Å². The number of benzene rings is 3. The average Bonchev–Trinajstić information content (AvgIpc) is 3.71. The fourth-order valence-corrected chi connectivity index (χ4v) is 9.14. The molecule has 282 valence electrons. The Balaban J connectivity index is 1.77. The molecule has 0 N–H and O–H groups in total. The number of fused-ring (bicyclic) bond motifs is 14. The van der Waals surface area contributed by atoms with Gasteiger partial charge in [0, 0.05) is 55.9 Å². The number of aromatic nitrogens is 2. The average molecular weight is 741 g/mol. The molecular formula is C55H52N2. The normalized spacial score (nSPS) is 23.9. The van der Waals surface area contributed by atoms with E-state index in [0.29, 0.717) is 0 Å². The Labute approximate surface area is 338 Å². The van der Waals surface area contributed by atoms with Crippen molar-refractivity contribution >= 4 is 61.3 Å². The van der Waals surface area contributed by atoms with Gasteiger partial charge in [-0.3, -0.25) is 0 Å². The Bertz CT molecular complexity index is 2900. The molecule has 1 unspecified atom stereocenters. The van der Waals surface area contributed by atoms with Crippen LogP contribution in [-0.4, -0.2) is 9.13 Å². The molecule has 2 bridgehead atoms. The van der Waals surface area contributed by atoms with Gasteiger partial charge in [0.05, 0.1) is 16.6 Å². The third-order valence-electron chi connectivity index (χ3n) is 12.0. The van der Waals surface area contributed by atoms with Crippen molar-refractivity contribution in [2.24, 2.45) is 0 Å². The molecule has 0 saturated heterocycles. The van der Waals surface area contributed by atoms with Crippen LogP contribution in [0.25, 0.3) is 72.5 Å². The lowest BCUT2D eigenvalue weighted by Gasteiger charge is -2.26. The SMILES string of the molecule is C=C1/C=C\C=C/C/C(C)=C/C=C\c2c(C)n1c1c3c(c4c(c5cccc6c5n4C(=C)/C=C\C=C/C6C)c21)C(/C=C\C)=C(C)\C(C)=C(\C=C/C=C\C)c1ccccc1-3. The number of hydrogen-bond donors (Lipinski definition) is 0. The number of allylic oxidation sites excluding steroid dienone is 23. The van der Waals surface area contributed by atoms with Gasteiger partial charge in [0.2, 0.25) is 0 Å². The van der Waals surface area contributed by atoms with Crippen molar-refractivity contribution in [3.8, 4) is 11.1 Å². The van der Waals surface area contributed by atoms with Crippen LogP contribution in [-0.2, 0) is 0 Å². The highest BCUT2D eigenvalue weighted by atomic mass is 15.0. The molecule has 2 aliphatic heterocycles. The van der Waals surface area contributed by atoms with Crippen LogP contribution in [0.4, 0.5) is 0 Å². The standard InChI is InChI=1S/C55H52N2/c1-10-12-14-29-43-39(7)40(8)44(23-11-2)49-51(47-31-20-19-30-46(43)47)54-50(45-33-21-25-35(3)24-15-13-16-27-37(5)56(54)41(45)9)52-48-34-22-32-42-36(4)26-17-18-28-38(6)57(53(42)48)55(49)52/h10-23,25-34,36H,5-6,24H2,1-4,7-9H3/b12-10-,15-13-,23-11-,26-17-,27-16-,28-18-,29-14-,33-21-,35-25+,40-39?,43-39-,44-40-,46-43?,49-44?,51-47?. The fraction of sp³-hybridized carbons (Fsp3) is 0.164. The molecule has 0 radical (unpaired) electrons. The second kappa shape index (κ2) is 15.3. The first-order valence-corrected chi connectivity index (χ1v) is 20.2. The van der Waals surface area contributed by atoms with E-state index < -0.39 is 0 Å². The Morgan fingerprint density at radius 3 is 2.14 bits per heavy atom. The number of hydrogen-bond acceptors (Lipinski definition) is 0. The predicted molar refractivity (Wildman–Crippen MR) is 252 cm³/mol. The lowest BCUT2D eigenvalue weighted by atomic mass is 9.79. The summed E-state index contributed by atoms with van der Waals surface area (Å²) in [6, 6.07) is 15.9. The Morgan fingerprint density at radius 2 is 1.37 bits per heavy atom. The van der Waals surface area contributed by atoms with Crippen molar-refractivity contribution in [1.82, 2.24) is 9.13 Å². The highest BCUT2D eigenvalue weighted by Crippen LogP contribution is 2.54. The van der Waals surface area contributed by atoms with E-state index in [1.807, 2.05) is 0 Å². The zero-order valence-electron chi connectivity index (χ0n) is 34.4. The minimum absolute atomic E-state index is 0.191. The Hall–Kier alpha value is -6.38. The summed E-state index contributed by atoms with van der Waals surface area (Å²) in [7, 11) is 0. The van der Waals surface area contributed by atoms with E-state index >= 15 is 0 Å². The second-order valence-electron chi connectivity index (χ2n) is 15.5. The first kappa shape index (κ1) is 37.5. The molecule has 3 aromatic carbocycles. The van der Waals surface area contributed by atoms with Gasteiger partial charge in [0.1, 0.15) is 0 Å². The lowest BCUT2D eigenvalue weighted by Crippen LogP contribution is -2.07.